The fraction of sp³-hybridized carbons (Fsp3) is 0.296. The Balaban J connectivity index is 1.47. The maximum atomic E-state index is 13.6. The number of benzene rings is 2. The average Bonchev–Trinajstić information content (AvgIpc) is 3.31. The molecular weight excluding hydrogens is 494 g/mol. The van der Waals surface area contributed by atoms with E-state index in [4.69, 9.17) is 8.94 Å². The van der Waals surface area contributed by atoms with Gasteiger partial charge in [0.2, 0.25) is 15.8 Å². The Hall–Kier alpha value is -3.76. The summed E-state index contributed by atoms with van der Waals surface area (Å²) in [5.41, 5.74) is 0.743. The van der Waals surface area contributed by atoms with Crippen LogP contribution in [-0.4, -0.2) is 36.9 Å². The molecule has 2 aliphatic heterocycles. The first-order chi connectivity index (χ1) is 17.9. The van der Waals surface area contributed by atoms with Crippen molar-refractivity contribution in [1.82, 2.24) is 9.46 Å². The van der Waals surface area contributed by atoms with Gasteiger partial charge in [-0.25, -0.2) is 8.42 Å². The smallest absolute Gasteiger partial charge is 0.296 e. The lowest BCUT2D eigenvalue weighted by atomic mass is 9.98. The van der Waals surface area contributed by atoms with Crippen molar-refractivity contribution >= 4 is 32.7 Å². The van der Waals surface area contributed by atoms with Crippen molar-refractivity contribution in [2.45, 2.75) is 43.5 Å². The summed E-state index contributed by atoms with van der Waals surface area (Å²) in [7, 11) is -3.65. The summed E-state index contributed by atoms with van der Waals surface area (Å²) in [4.78, 5) is 28.7. The fourth-order valence-electron chi connectivity index (χ4n) is 5.19. The molecule has 2 aliphatic rings. The van der Waals surface area contributed by atoms with Gasteiger partial charge in [-0.15, -0.1) is 0 Å². The minimum atomic E-state index is -3.65. The van der Waals surface area contributed by atoms with Gasteiger partial charge in [-0.05, 0) is 49.6 Å². The van der Waals surface area contributed by atoms with Gasteiger partial charge >= 0.3 is 0 Å². The number of sulfonamides is 1. The summed E-state index contributed by atoms with van der Waals surface area (Å²) in [5, 5.41) is 4.38. The zero-order valence-corrected chi connectivity index (χ0v) is 21.0. The molecule has 1 unspecified atom stereocenters. The lowest BCUT2D eigenvalue weighted by Crippen LogP contribution is -2.32. The number of hydrogen-bond acceptors (Lipinski definition) is 7. The molecule has 1 saturated heterocycles. The van der Waals surface area contributed by atoms with Crippen LogP contribution in [0, 0.1) is 6.92 Å². The topological polar surface area (TPSA) is 114 Å². The Morgan fingerprint density at radius 1 is 0.946 bits per heavy atom. The van der Waals surface area contributed by atoms with Gasteiger partial charge in [-0.3, -0.25) is 14.5 Å². The number of fused-ring (bicyclic) bond motifs is 2. The van der Waals surface area contributed by atoms with E-state index in [0.29, 0.717) is 35.4 Å². The van der Waals surface area contributed by atoms with Crippen molar-refractivity contribution in [3.05, 3.63) is 87.5 Å². The summed E-state index contributed by atoms with van der Waals surface area (Å²) in [5.74, 6) is 0.164. The van der Waals surface area contributed by atoms with Crippen LogP contribution >= 0.6 is 0 Å². The minimum absolute atomic E-state index is 0.0596. The van der Waals surface area contributed by atoms with Gasteiger partial charge in [0.05, 0.1) is 21.9 Å². The summed E-state index contributed by atoms with van der Waals surface area (Å²) in [6.45, 7) is 2.71. The number of aryl methyl sites for hydroxylation is 1. The zero-order chi connectivity index (χ0) is 25.7. The van der Waals surface area contributed by atoms with Crippen LogP contribution < -0.4 is 10.3 Å². The molecule has 0 bridgehead atoms. The Morgan fingerprint density at radius 2 is 1.65 bits per heavy atom. The quantitative estimate of drug-likeness (QED) is 0.392. The third-order valence-corrected chi connectivity index (χ3v) is 8.95. The van der Waals surface area contributed by atoms with Gasteiger partial charge in [-0.2, -0.15) is 4.31 Å². The fourth-order valence-corrected chi connectivity index (χ4v) is 6.71. The standard InChI is InChI=1S/C27H25N3O6S/c1-17-16-22(28-36-17)30-24(23-25(31)20-8-4-5-9-21(20)35-26(23)27(30)32)18-10-12-19(13-11-18)37(33,34)29-14-6-2-3-7-15-29/h4-5,8-13,16,24H,2-3,6-7,14-15H2,1H3. The number of carbonyl (C=O) groups is 1. The van der Waals surface area contributed by atoms with E-state index in [1.54, 1.807) is 49.4 Å². The number of aromatic nitrogens is 1. The van der Waals surface area contributed by atoms with E-state index in [1.165, 1.54) is 21.3 Å². The monoisotopic (exact) mass is 519 g/mol. The predicted molar refractivity (Wildman–Crippen MR) is 136 cm³/mol. The van der Waals surface area contributed by atoms with Gasteiger partial charge in [0, 0.05) is 19.2 Å². The first-order valence-electron chi connectivity index (χ1n) is 12.3. The Kier molecular flexibility index (Phi) is 5.73. The first-order valence-corrected chi connectivity index (χ1v) is 13.7. The molecule has 1 fully saturated rings. The van der Waals surface area contributed by atoms with Crippen molar-refractivity contribution in [3.8, 4) is 0 Å². The molecule has 2 aromatic heterocycles. The lowest BCUT2D eigenvalue weighted by Gasteiger charge is -2.23. The maximum absolute atomic E-state index is 13.6. The largest absolute Gasteiger partial charge is 0.450 e. The Bertz CT molecular complexity index is 1660. The molecule has 190 valence electrons. The number of para-hydroxylation sites is 1. The summed E-state index contributed by atoms with van der Waals surface area (Å²) in [6.07, 6.45) is 3.73. The van der Waals surface area contributed by atoms with Crippen molar-refractivity contribution in [1.29, 1.82) is 0 Å². The van der Waals surface area contributed by atoms with Crippen molar-refractivity contribution in [3.63, 3.8) is 0 Å². The number of nitrogens with zero attached hydrogens (tertiary/aromatic N) is 3. The second-order valence-electron chi connectivity index (χ2n) is 9.43. The van der Waals surface area contributed by atoms with E-state index in [0.717, 1.165) is 25.7 Å². The highest BCUT2D eigenvalue weighted by atomic mass is 32.2. The van der Waals surface area contributed by atoms with Crippen LogP contribution in [0.2, 0.25) is 0 Å². The molecule has 0 radical (unpaired) electrons. The first kappa shape index (κ1) is 23.6. The van der Waals surface area contributed by atoms with Crippen LogP contribution in [0.4, 0.5) is 5.82 Å². The maximum Gasteiger partial charge on any atom is 0.296 e. The lowest BCUT2D eigenvalue weighted by molar-refractivity contribution is 0.0969. The molecule has 37 heavy (non-hydrogen) atoms. The van der Waals surface area contributed by atoms with E-state index >= 15 is 0 Å². The third-order valence-electron chi connectivity index (χ3n) is 7.04. The van der Waals surface area contributed by atoms with Crippen LogP contribution in [0.3, 0.4) is 0 Å². The minimum Gasteiger partial charge on any atom is -0.450 e. The molecule has 1 amide bonds. The van der Waals surface area contributed by atoms with E-state index in [9.17, 15) is 18.0 Å². The van der Waals surface area contributed by atoms with Gasteiger partial charge in [0.15, 0.2) is 11.2 Å². The molecule has 9 nitrogen and oxygen atoms in total. The zero-order valence-electron chi connectivity index (χ0n) is 20.2. The predicted octanol–water partition coefficient (Wildman–Crippen LogP) is 4.40. The van der Waals surface area contributed by atoms with Crippen molar-refractivity contribution in [2.75, 3.05) is 18.0 Å². The van der Waals surface area contributed by atoms with Gasteiger partial charge in [-0.1, -0.05) is 42.3 Å². The van der Waals surface area contributed by atoms with Crippen molar-refractivity contribution < 1.29 is 22.2 Å². The highest BCUT2D eigenvalue weighted by Crippen LogP contribution is 2.41. The van der Waals surface area contributed by atoms with Gasteiger partial charge in [0.25, 0.3) is 5.91 Å². The second kappa shape index (κ2) is 8.97. The number of rotatable bonds is 4. The Labute approximate surface area is 213 Å². The molecule has 0 aliphatic carbocycles. The normalized spacial score (nSPS) is 18.8. The molecular formula is C27H25N3O6S. The molecule has 1 atom stereocenters. The number of hydrogen-bond donors (Lipinski definition) is 0. The average molecular weight is 520 g/mol. The molecule has 10 heteroatoms. The van der Waals surface area contributed by atoms with Crippen LogP contribution in [0.15, 0.2) is 73.2 Å². The SMILES string of the molecule is Cc1cc(N2C(=O)c3oc4ccccc4c(=O)c3C2c2ccc(S(=O)(=O)N3CCCCCC3)cc2)no1. The van der Waals surface area contributed by atoms with Gasteiger partial charge < -0.3 is 8.94 Å². The molecule has 4 aromatic rings. The van der Waals surface area contributed by atoms with Crippen molar-refractivity contribution in [2.24, 2.45) is 0 Å². The van der Waals surface area contributed by atoms with Crippen LogP contribution in [0.1, 0.15) is 59.2 Å². The molecule has 6 rings (SSSR count). The number of carbonyl (C=O) groups excluding carboxylic acids is 1. The second-order valence-corrected chi connectivity index (χ2v) is 11.4. The van der Waals surface area contributed by atoms with Crippen LogP contribution in [0.25, 0.3) is 11.0 Å². The summed E-state index contributed by atoms with van der Waals surface area (Å²) < 4.78 is 39.3. The summed E-state index contributed by atoms with van der Waals surface area (Å²) >= 11 is 0. The highest BCUT2D eigenvalue weighted by molar-refractivity contribution is 7.89. The Morgan fingerprint density at radius 3 is 2.32 bits per heavy atom. The molecule has 0 saturated carbocycles. The van der Waals surface area contributed by atoms with E-state index < -0.39 is 22.0 Å². The number of amides is 1. The van der Waals surface area contributed by atoms with Crippen LogP contribution in [-0.2, 0) is 10.0 Å². The van der Waals surface area contributed by atoms with E-state index in [2.05, 4.69) is 5.16 Å². The van der Waals surface area contributed by atoms with E-state index in [1.807, 2.05) is 0 Å². The highest BCUT2D eigenvalue weighted by Gasteiger charge is 2.45. The molecule has 0 N–H and O–H groups in total. The van der Waals surface area contributed by atoms with Crippen LogP contribution in [0.5, 0.6) is 0 Å². The van der Waals surface area contributed by atoms with E-state index in [-0.39, 0.29) is 27.5 Å². The molecule has 4 heterocycles. The summed E-state index contributed by atoms with van der Waals surface area (Å²) in [6, 6.07) is 13.9. The third kappa shape index (κ3) is 3.87. The molecule has 0 spiro atoms. The molecule has 2 aromatic carbocycles. The number of anilines is 1. The van der Waals surface area contributed by atoms with Gasteiger partial charge in [0.1, 0.15) is 11.3 Å².